The number of esters is 1. The average molecular weight is 462 g/mol. The summed E-state index contributed by atoms with van der Waals surface area (Å²) in [4.78, 5) is 26.2. The Balaban J connectivity index is 1.42. The molecule has 8 nitrogen and oxygen atoms in total. The van der Waals surface area contributed by atoms with E-state index >= 15 is 0 Å². The molecule has 3 heterocycles. The van der Waals surface area contributed by atoms with Gasteiger partial charge in [0.05, 0.1) is 12.7 Å². The van der Waals surface area contributed by atoms with Gasteiger partial charge in [0.2, 0.25) is 5.91 Å². The molecule has 4 rings (SSSR count). The highest BCUT2D eigenvalue weighted by atomic mass is 32.2. The molecule has 2 aromatic heterocycles. The van der Waals surface area contributed by atoms with Crippen LogP contribution in [0.4, 0.5) is 0 Å². The minimum atomic E-state index is -3.72. The zero-order valence-electron chi connectivity index (χ0n) is 17.3. The van der Waals surface area contributed by atoms with Gasteiger partial charge in [-0.15, -0.1) is 11.3 Å². The predicted molar refractivity (Wildman–Crippen MR) is 118 cm³/mol. The van der Waals surface area contributed by atoms with Gasteiger partial charge >= 0.3 is 5.97 Å². The molecule has 1 saturated heterocycles. The van der Waals surface area contributed by atoms with E-state index in [1.165, 1.54) is 22.9 Å². The summed E-state index contributed by atoms with van der Waals surface area (Å²) >= 11 is 0.992. The van der Waals surface area contributed by atoms with Crippen molar-refractivity contribution in [3.8, 4) is 0 Å². The minimum absolute atomic E-state index is 0.0365. The smallest absolute Gasteiger partial charge is 0.338 e. The maximum atomic E-state index is 12.9. The minimum Gasteiger partial charge on any atom is -0.465 e. The summed E-state index contributed by atoms with van der Waals surface area (Å²) in [7, 11) is -2.46. The maximum Gasteiger partial charge on any atom is 0.338 e. The molecule has 1 fully saturated rings. The molecular formula is C21H23N3O5S2. The van der Waals surface area contributed by atoms with Gasteiger partial charge in [0.25, 0.3) is 10.0 Å². The fourth-order valence-electron chi connectivity index (χ4n) is 3.78. The fourth-order valence-corrected chi connectivity index (χ4v) is 6.50. The number of hydrogen-bond acceptors (Lipinski definition) is 6. The van der Waals surface area contributed by atoms with E-state index in [0.717, 1.165) is 27.9 Å². The molecule has 1 aliphatic heterocycles. The lowest BCUT2D eigenvalue weighted by atomic mass is 10.2. The van der Waals surface area contributed by atoms with Crippen molar-refractivity contribution >= 4 is 44.1 Å². The van der Waals surface area contributed by atoms with E-state index in [-0.39, 0.29) is 35.3 Å². The first kappa shape index (κ1) is 21.5. The van der Waals surface area contributed by atoms with Gasteiger partial charge in [0.1, 0.15) is 10.8 Å². The van der Waals surface area contributed by atoms with Crippen molar-refractivity contribution in [2.75, 3.05) is 33.3 Å². The number of aromatic nitrogens is 1. The molecule has 31 heavy (non-hydrogen) atoms. The lowest BCUT2D eigenvalue weighted by Crippen LogP contribution is -2.51. The Morgan fingerprint density at radius 1 is 1.10 bits per heavy atom. The third-order valence-electron chi connectivity index (χ3n) is 5.49. The first-order chi connectivity index (χ1) is 14.8. The van der Waals surface area contributed by atoms with Crippen LogP contribution >= 0.6 is 11.3 Å². The van der Waals surface area contributed by atoms with Crippen LogP contribution in [0.5, 0.6) is 0 Å². The largest absolute Gasteiger partial charge is 0.465 e. The number of fused-ring (bicyclic) bond motifs is 1. The predicted octanol–water partition coefficient (Wildman–Crippen LogP) is 2.33. The van der Waals surface area contributed by atoms with Gasteiger partial charge in [-0.25, -0.2) is 13.2 Å². The molecule has 0 unspecified atom stereocenters. The number of benzene rings is 1. The summed E-state index contributed by atoms with van der Waals surface area (Å²) in [5.41, 5.74) is 2.23. The fraction of sp³-hybridized carbons (Fsp3) is 0.333. The van der Waals surface area contributed by atoms with Gasteiger partial charge < -0.3 is 14.2 Å². The van der Waals surface area contributed by atoms with Gasteiger partial charge in [0, 0.05) is 42.8 Å². The van der Waals surface area contributed by atoms with Crippen molar-refractivity contribution in [3.05, 3.63) is 53.0 Å². The van der Waals surface area contributed by atoms with Crippen molar-refractivity contribution in [2.24, 2.45) is 0 Å². The molecule has 164 valence electrons. The molecule has 0 saturated carbocycles. The number of thiophene rings is 1. The number of ether oxygens (including phenoxy) is 1. The highest BCUT2D eigenvalue weighted by molar-refractivity contribution is 7.91. The number of sulfonamides is 1. The van der Waals surface area contributed by atoms with E-state index in [2.05, 4.69) is 10.8 Å². The Bertz CT molecular complexity index is 1240. The van der Waals surface area contributed by atoms with Gasteiger partial charge in [-0.3, -0.25) is 4.79 Å². The van der Waals surface area contributed by atoms with E-state index in [1.807, 2.05) is 35.8 Å². The topological polar surface area (TPSA) is 88.9 Å². The molecule has 0 aliphatic carbocycles. The van der Waals surface area contributed by atoms with Crippen LogP contribution in [-0.4, -0.2) is 67.4 Å². The van der Waals surface area contributed by atoms with Gasteiger partial charge in [-0.1, -0.05) is 18.2 Å². The number of para-hydroxylation sites is 1. The Morgan fingerprint density at radius 3 is 2.52 bits per heavy atom. The SMILES string of the molecule is COC(=O)c1csc(S(=O)(=O)N2CCN(C(=O)Cn3c(C)cc4ccccc43)CC2)c1. The summed E-state index contributed by atoms with van der Waals surface area (Å²) < 4.78 is 33.9. The van der Waals surface area contributed by atoms with Crippen LogP contribution in [0.2, 0.25) is 0 Å². The third kappa shape index (κ3) is 4.10. The van der Waals surface area contributed by atoms with Crippen LogP contribution in [0.15, 0.2) is 46.0 Å². The molecule has 0 bridgehead atoms. The molecule has 10 heteroatoms. The molecular weight excluding hydrogens is 438 g/mol. The lowest BCUT2D eigenvalue weighted by Gasteiger charge is -2.34. The molecule has 1 aliphatic rings. The Morgan fingerprint density at radius 2 is 1.81 bits per heavy atom. The second kappa shape index (κ2) is 8.45. The van der Waals surface area contributed by atoms with Crippen molar-refractivity contribution < 1.29 is 22.7 Å². The molecule has 1 amide bonds. The van der Waals surface area contributed by atoms with Crippen LogP contribution in [0.3, 0.4) is 0 Å². The van der Waals surface area contributed by atoms with Crippen molar-refractivity contribution in [1.29, 1.82) is 0 Å². The van der Waals surface area contributed by atoms with Gasteiger partial charge in [0.15, 0.2) is 0 Å². The van der Waals surface area contributed by atoms with E-state index in [9.17, 15) is 18.0 Å². The summed E-state index contributed by atoms with van der Waals surface area (Å²) in [5, 5.41) is 2.56. The first-order valence-electron chi connectivity index (χ1n) is 9.81. The van der Waals surface area contributed by atoms with Gasteiger partial charge in [-0.2, -0.15) is 4.31 Å². The number of rotatable bonds is 5. The monoisotopic (exact) mass is 461 g/mol. The summed E-state index contributed by atoms with van der Waals surface area (Å²) in [6.45, 7) is 3.27. The number of aryl methyl sites for hydroxylation is 1. The number of carbonyl (C=O) groups excluding carboxylic acids is 2. The number of nitrogens with zero attached hydrogens (tertiary/aromatic N) is 3. The Hall–Kier alpha value is -2.69. The maximum absolute atomic E-state index is 12.9. The van der Waals surface area contributed by atoms with E-state index < -0.39 is 16.0 Å². The first-order valence-corrected chi connectivity index (χ1v) is 12.1. The molecule has 3 aromatic rings. The zero-order valence-corrected chi connectivity index (χ0v) is 18.9. The summed E-state index contributed by atoms with van der Waals surface area (Å²) in [5.74, 6) is -0.605. The molecule has 0 N–H and O–H groups in total. The van der Waals surface area contributed by atoms with E-state index in [0.29, 0.717) is 13.1 Å². The van der Waals surface area contributed by atoms with Crippen LogP contribution in [-0.2, 0) is 26.1 Å². The number of amides is 1. The number of piperazine rings is 1. The number of carbonyl (C=O) groups is 2. The Kier molecular flexibility index (Phi) is 5.87. The standard InChI is InChI=1S/C21H23N3O5S2/c1-15-11-16-5-3-4-6-18(16)24(15)13-19(25)22-7-9-23(10-8-22)31(27,28)20-12-17(14-30-20)21(26)29-2/h3-6,11-12,14H,7-10,13H2,1-2H3. The Labute approximate surface area is 184 Å². The highest BCUT2D eigenvalue weighted by Gasteiger charge is 2.31. The van der Waals surface area contributed by atoms with Crippen molar-refractivity contribution in [2.45, 2.75) is 17.7 Å². The van der Waals surface area contributed by atoms with Crippen molar-refractivity contribution in [3.63, 3.8) is 0 Å². The quantitative estimate of drug-likeness (QED) is 0.544. The second-order valence-electron chi connectivity index (χ2n) is 7.36. The highest BCUT2D eigenvalue weighted by Crippen LogP contribution is 2.25. The second-order valence-corrected chi connectivity index (χ2v) is 10.4. The average Bonchev–Trinajstić information content (AvgIpc) is 3.39. The lowest BCUT2D eigenvalue weighted by molar-refractivity contribution is -0.133. The molecule has 1 aromatic carbocycles. The zero-order chi connectivity index (χ0) is 22.2. The molecule has 0 atom stereocenters. The van der Waals surface area contributed by atoms with Crippen LogP contribution < -0.4 is 0 Å². The molecule has 0 radical (unpaired) electrons. The number of hydrogen-bond donors (Lipinski definition) is 0. The van der Waals surface area contributed by atoms with Crippen molar-refractivity contribution in [1.82, 2.24) is 13.8 Å². The summed E-state index contributed by atoms with van der Waals surface area (Å²) in [6, 6.07) is 11.3. The molecule has 0 spiro atoms. The van der Waals surface area contributed by atoms with Crippen LogP contribution in [0.25, 0.3) is 10.9 Å². The third-order valence-corrected chi connectivity index (χ3v) is 8.81. The van der Waals surface area contributed by atoms with Crippen LogP contribution in [0.1, 0.15) is 16.1 Å². The normalized spacial score (nSPS) is 15.4. The number of methoxy groups -OCH3 is 1. The summed E-state index contributed by atoms with van der Waals surface area (Å²) in [6.07, 6.45) is 0. The van der Waals surface area contributed by atoms with E-state index in [4.69, 9.17) is 0 Å². The van der Waals surface area contributed by atoms with E-state index in [1.54, 1.807) is 4.90 Å². The van der Waals surface area contributed by atoms with Crippen LogP contribution in [0, 0.1) is 6.92 Å². The van der Waals surface area contributed by atoms with Gasteiger partial charge in [-0.05, 0) is 30.5 Å².